The second-order valence-electron chi connectivity index (χ2n) is 7.68. The molecule has 0 bridgehead atoms. The van der Waals surface area contributed by atoms with Gasteiger partial charge < -0.3 is 10.2 Å². The van der Waals surface area contributed by atoms with Gasteiger partial charge in [-0.25, -0.2) is 14.4 Å². The monoisotopic (exact) mass is 532 g/mol. The summed E-state index contributed by atoms with van der Waals surface area (Å²) in [4.78, 5) is 37.6. The third kappa shape index (κ3) is 4.55. The van der Waals surface area contributed by atoms with Gasteiger partial charge >= 0.3 is 0 Å². The highest BCUT2D eigenvalue weighted by atomic mass is 35.5. The van der Waals surface area contributed by atoms with E-state index in [1.54, 1.807) is 40.9 Å². The molecule has 0 spiro atoms. The molecular formula is C23H18ClFN4O2S3. The molecule has 1 N–H and O–H groups in total. The first-order chi connectivity index (χ1) is 16.4. The fourth-order valence-electron chi connectivity index (χ4n) is 3.79. The number of thiazole rings is 2. The summed E-state index contributed by atoms with van der Waals surface area (Å²) in [7, 11) is 0. The van der Waals surface area contributed by atoms with E-state index in [2.05, 4.69) is 15.3 Å². The van der Waals surface area contributed by atoms with E-state index in [0.717, 1.165) is 15.3 Å². The number of para-hydroxylation sites is 1. The van der Waals surface area contributed by atoms with Gasteiger partial charge in [-0.05, 0) is 36.8 Å². The van der Waals surface area contributed by atoms with Crippen LogP contribution in [-0.4, -0.2) is 50.9 Å². The standard InChI is InChI=1S/C23H18ClFN4O2S3/c1-12-27-19(20(33-12)13-5-7-14(25)8-6-13)22(31)29-11-32-10-15(29)9-26-21(30)16-3-2-4-17-18(16)28-23(24)34-17/h2-8,15H,9-11H2,1H3,(H,26,30)/t15-/m1/s1. The number of thioether (sulfide) groups is 1. The Bertz CT molecular complexity index is 1390. The van der Waals surface area contributed by atoms with Crippen molar-refractivity contribution >= 4 is 68.1 Å². The first-order valence-electron chi connectivity index (χ1n) is 10.4. The van der Waals surface area contributed by atoms with Gasteiger partial charge in [-0.15, -0.1) is 34.4 Å². The molecule has 0 unspecified atom stereocenters. The number of nitrogens with one attached hydrogen (secondary N) is 1. The molecule has 2 aromatic carbocycles. The van der Waals surface area contributed by atoms with Crippen molar-refractivity contribution in [2.45, 2.75) is 13.0 Å². The first kappa shape index (κ1) is 23.2. The summed E-state index contributed by atoms with van der Waals surface area (Å²) >= 11 is 10.4. The van der Waals surface area contributed by atoms with Crippen LogP contribution in [0, 0.1) is 12.7 Å². The van der Waals surface area contributed by atoms with Crippen molar-refractivity contribution in [3.63, 3.8) is 0 Å². The van der Waals surface area contributed by atoms with Gasteiger partial charge in [0.25, 0.3) is 11.8 Å². The van der Waals surface area contributed by atoms with Crippen molar-refractivity contribution in [2.75, 3.05) is 18.2 Å². The van der Waals surface area contributed by atoms with Crippen LogP contribution in [0.5, 0.6) is 0 Å². The zero-order valence-corrected chi connectivity index (χ0v) is 21.1. The van der Waals surface area contributed by atoms with Gasteiger partial charge in [0.1, 0.15) is 11.5 Å². The van der Waals surface area contributed by atoms with Crippen molar-refractivity contribution in [3.05, 3.63) is 69.0 Å². The number of carbonyl (C=O) groups excluding carboxylic acids is 2. The third-order valence-corrected chi connectivity index (χ3v) is 8.65. The molecule has 0 aliphatic carbocycles. The molecule has 3 heterocycles. The fourth-order valence-corrected chi connectivity index (χ4v) is 6.96. The van der Waals surface area contributed by atoms with Gasteiger partial charge in [0.15, 0.2) is 4.47 Å². The third-order valence-electron chi connectivity index (χ3n) is 5.42. The number of carbonyl (C=O) groups is 2. The summed E-state index contributed by atoms with van der Waals surface area (Å²) < 4.78 is 14.6. The van der Waals surface area contributed by atoms with Crippen molar-refractivity contribution in [1.82, 2.24) is 20.2 Å². The number of amides is 2. The highest BCUT2D eigenvalue weighted by molar-refractivity contribution is 7.99. The number of halogens is 2. The minimum Gasteiger partial charge on any atom is -0.350 e. The number of rotatable bonds is 5. The molecule has 0 radical (unpaired) electrons. The summed E-state index contributed by atoms with van der Waals surface area (Å²) in [5.41, 5.74) is 2.14. The van der Waals surface area contributed by atoms with E-state index in [0.29, 0.717) is 44.3 Å². The topological polar surface area (TPSA) is 75.2 Å². The molecule has 174 valence electrons. The lowest BCUT2D eigenvalue weighted by Crippen LogP contribution is -2.44. The highest BCUT2D eigenvalue weighted by Gasteiger charge is 2.33. The SMILES string of the molecule is Cc1nc(C(=O)N2CSC[C@H]2CNC(=O)c2cccc3sc(Cl)nc23)c(-c2ccc(F)cc2)s1. The maximum atomic E-state index is 13.5. The molecule has 6 nitrogen and oxygen atoms in total. The van der Waals surface area contributed by atoms with Gasteiger partial charge in [-0.1, -0.05) is 29.8 Å². The van der Waals surface area contributed by atoms with Gasteiger partial charge in [-0.3, -0.25) is 9.59 Å². The van der Waals surface area contributed by atoms with E-state index < -0.39 is 0 Å². The van der Waals surface area contributed by atoms with Crippen LogP contribution >= 0.6 is 46.0 Å². The van der Waals surface area contributed by atoms with E-state index in [1.807, 2.05) is 13.0 Å². The molecular weight excluding hydrogens is 515 g/mol. The largest absolute Gasteiger partial charge is 0.350 e. The zero-order chi connectivity index (χ0) is 23.8. The molecule has 1 fully saturated rings. The predicted octanol–water partition coefficient (Wildman–Crippen LogP) is 5.47. The van der Waals surface area contributed by atoms with E-state index in [4.69, 9.17) is 11.6 Å². The van der Waals surface area contributed by atoms with Crippen LogP contribution in [0.2, 0.25) is 4.47 Å². The number of benzene rings is 2. The second-order valence-corrected chi connectivity index (χ2v) is 11.5. The maximum Gasteiger partial charge on any atom is 0.275 e. The number of nitrogens with zero attached hydrogens (tertiary/aromatic N) is 3. The smallest absolute Gasteiger partial charge is 0.275 e. The van der Waals surface area contributed by atoms with Crippen LogP contribution in [0.1, 0.15) is 25.9 Å². The Morgan fingerprint density at radius 2 is 1.97 bits per heavy atom. The van der Waals surface area contributed by atoms with E-state index in [-0.39, 0.29) is 23.7 Å². The summed E-state index contributed by atoms with van der Waals surface area (Å²) in [5, 5.41) is 3.71. The Balaban J connectivity index is 1.33. The Labute approximate surface area is 212 Å². The zero-order valence-electron chi connectivity index (χ0n) is 17.9. The minimum atomic E-state index is -0.333. The van der Waals surface area contributed by atoms with Crippen LogP contribution in [-0.2, 0) is 0 Å². The van der Waals surface area contributed by atoms with Crippen LogP contribution in [0.4, 0.5) is 4.39 Å². The molecule has 1 aliphatic rings. The average molecular weight is 533 g/mol. The molecule has 1 saturated heterocycles. The molecule has 4 aromatic rings. The average Bonchev–Trinajstić information content (AvgIpc) is 3.54. The molecule has 2 amide bonds. The Morgan fingerprint density at radius 1 is 1.18 bits per heavy atom. The summed E-state index contributed by atoms with van der Waals surface area (Å²) in [6.45, 7) is 2.15. The van der Waals surface area contributed by atoms with Crippen LogP contribution < -0.4 is 5.32 Å². The van der Waals surface area contributed by atoms with Crippen molar-refractivity contribution < 1.29 is 14.0 Å². The van der Waals surface area contributed by atoms with Gasteiger partial charge in [0, 0.05) is 12.3 Å². The van der Waals surface area contributed by atoms with Gasteiger partial charge in [0.2, 0.25) is 0 Å². The lowest BCUT2D eigenvalue weighted by atomic mass is 10.1. The molecule has 1 atom stereocenters. The second kappa shape index (κ2) is 9.61. The van der Waals surface area contributed by atoms with Gasteiger partial charge in [0.05, 0.1) is 37.6 Å². The fraction of sp³-hybridized carbons (Fsp3) is 0.217. The Hall–Kier alpha value is -2.53. The van der Waals surface area contributed by atoms with Gasteiger partial charge in [-0.2, -0.15) is 0 Å². The molecule has 5 rings (SSSR count). The Morgan fingerprint density at radius 3 is 2.76 bits per heavy atom. The molecule has 0 saturated carbocycles. The van der Waals surface area contributed by atoms with Crippen LogP contribution in [0.25, 0.3) is 20.7 Å². The van der Waals surface area contributed by atoms with Crippen LogP contribution in [0.3, 0.4) is 0 Å². The summed E-state index contributed by atoms with van der Waals surface area (Å²) in [5.74, 6) is 0.430. The van der Waals surface area contributed by atoms with E-state index >= 15 is 0 Å². The molecule has 34 heavy (non-hydrogen) atoms. The number of fused-ring (bicyclic) bond motifs is 1. The predicted molar refractivity (Wildman–Crippen MR) is 136 cm³/mol. The molecule has 11 heteroatoms. The number of hydrogen-bond acceptors (Lipinski definition) is 7. The minimum absolute atomic E-state index is 0.178. The summed E-state index contributed by atoms with van der Waals surface area (Å²) in [6, 6.07) is 11.3. The van der Waals surface area contributed by atoms with E-state index in [9.17, 15) is 14.0 Å². The number of aromatic nitrogens is 2. The van der Waals surface area contributed by atoms with Crippen molar-refractivity contribution in [3.8, 4) is 10.4 Å². The lowest BCUT2D eigenvalue weighted by molar-refractivity contribution is 0.0732. The quantitative estimate of drug-likeness (QED) is 0.369. The summed E-state index contributed by atoms with van der Waals surface area (Å²) in [6.07, 6.45) is 0. The normalized spacial score (nSPS) is 15.7. The van der Waals surface area contributed by atoms with Crippen molar-refractivity contribution in [1.29, 1.82) is 0 Å². The number of hydrogen-bond donors (Lipinski definition) is 1. The highest BCUT2D eigenvalue weighted by Crippen LogP contribution is 2.33. The molecule has 2 aromatic heterocycles. The number of aryl methyl sites for hydroxylation is 1. The first-order valence-corrected chi connectivity index (χ1v) is 13.5. The van der Waals surface area contributed by atoms with Crippen molar-refractivity contribution in [2.24, 2.45) is 0 Å². The maximum absolute atomic E-state index is 13.5. The molecule has 1 aliphatic heterocycles. The van der Waals surface area contributed by atoms with E-state index in [1.165, 1.54) is 34.8 Å². The Kier molecular flexibility index (Phi) is 6.57. The lowest BCUT2D eigenvalue weighted by Gasteiger charge is -2.24. The van der Waals surface area contributed by atoms with Crippen LogP contribution in [0.15, 0.2) is 42.5 Å².